The summed E-state index contributed by atoms with van der Waals surface area (Å²) < 4.78 is 23.2. The van der Waals surface area contributed by atoms with Crippen molar-refractivity contribution in [2.75, 3.05) is 40.9 Å². The Kier molecular flexibility index (Phi) is 41.6. The molecule has 0 saturated carbocycles. The van der Waals surface area contributed by atoms with Gasteiger partial charge in [0.1, 0.15) is 13.2 Å². The number of aliphatic hydroxyl groups is 1. The lowest BCUT2D eigenvalue weighted by molar-refractivity contribution is -0.870. The van der Waals surface area contributed by atoms with Crippen molar-refractivity contribution >= 4 is 13.7 Å². The van der Waals surface area contributed by atoms with E-state index >= 15 is 0 Å². The van der Waals surface area contributed by atoms with E-state index in [-0.39, 0.29) is 12.5 Å². The summed E-state index contributed by atoms with van der Waals surface area (Å²) in [5, 5.41) is 13.8. The van der Waals surface area contributed by atoms with Crippen LogP contribution in [0.1, 0.15) is 219 Å². The van der Waals surface area contributed by atoms with Gasteiger partial charge in [0.05, 0.1) is 39.9 Å². The van der Waals surface area contributed by atoms with Gasteiger partial charge in [-0.05, 0) is 64.2 Å². The molecule has 0 radical (unpaired) electrons. The molecule has 2 N–H and O–H groups in total. The molecule has 352 valence electrons. The van der Waals surface area contributed by atoms with Crippen LogP contribution in [0.3, 0.4) is 0 Å². The molecule has 0 aromatic rings. The second kappa shape index (κ2) is 42.7. The van der Waals surface area contributed by atoms with Crippen molar-refractivity contribution in [3.05, 3.63) is 48.6 Å². The maximum Gasteiger partial charge on any atom is 0.268 e. The number of allylic oxidation sites excluding steroid dienone is 7. The molecule has 3 unspecified atom stereocenters. The lowest BCUT2D eigenvalue weighted by atomic mass is 10.0. The largest absolute Gasteiger partial charge is 0.756 e. The summed E-state index contributed by atoms with van der Waals surface area (Å²) in [6, 6.07) is -0.911. The number of hydrogen-bond acceptors (Lipinski definition) is 6. The quantitative estimate of drug-likeness (QED) is 0.0273. The Labute approximate surface area is 371 Å². The first-order valence-electron chi connectivity index (χ1n) is 25.0. The van der Waals surface area contributed by atoms with E-state index in [2.05, 4.69) is 55.6 Å². The highest BCUT2D eigenvalue weighted by atomic mass is 31.2. The van der Waals surface area contributed by atoms with Crippen LogP contribution in [0.2, 0.25) is 0 Å². The van der Waals surface area contributed by atoms with Gasteiger partial charge >= 0.3 is 0 Å². The molecule has 0 aromatic heterocycles. The Morgan fingerprint density at radius 2 is 0.983 bits per heavy atom. The Morgan fingerprint density at radius 3 is 1.48 bits per heavy atom. The molecule has 0 rings (SSSR count). The molecular weight excluding hydrogens is 768 g/mol. The minimum atomic E-state index is -4.60. The molecular formula is C51H97N2O6P. The van der Waals surface area contributed by atoms with Crippen LogP contribution in [0, 0.1) is 0 Å². The summed E-state index contributed by atoms with van der Waals surface area (Å²) in [6.45, 7) is 4.59. The lowest BCUT2D eigenvalue weighted by Crippen LogP contribution is -2.45. The van der Waals surface area contributed by atoms with Crippen molar-refractivity contribution in [1.82, 2.24) is 5.32 Å². The maximum absolute atomic E-state index is 12.9. The highest BCUT2D eigenvalue weighted by Crippen LogP contribution is 2.38. The molecule has 0 aliphatic heterocycles. The van der Waals surface area contributed by atoms with E-state index in [9.17, 15) is 19.4 Å². The molecule has 8 nitrogen and oxygen atoms in total. The van der Waals surface area contributed by atoms with Crippen molar-refractivity contribution in [2.45, 2.75) is 231 Å². The van der Waals surface area contributed by atoms with Gasteiger partial charge in [0.2, 0.25) is 5.91 Å². The van der Waals surface area contributed by atoms with Crippen LogP contribution in [0.15, 0.2) is 48.6 Å². The van der Waals surface area contributed by atoms with Crippen LogP contribution >= 0.6 is 7.82 Å². The fourth-order valence-corrected chi connectivity index (χ4v) is 7.74. The number of phosphoric acid groups is 1. The van der Waals surface area contributed by atoms with Crippen LogP contribution in [0.25, 0.3) is 0 Å². The maximum atomic E-state index is 12.9. The second-order valence-corrected chi connectivity index (χ2v) is 19.6. The van der Waals surface area contributed by atoms with Crippen molar-refractivity contribution in [3.63, 3.8) is 0 Å². The molecule has 0 spiro atoms. The Morgan fingerprint density at radius 1 is 0.583 bits per heavy atom. The number of hydrogen-bond donors (Lipinski definition) is 2. The highest BCUT2D eigenvalue weighted by Gasteiger charge is 2.23. The van der Waals surface area contributed by atoms with Crippen molar-refractivity contribution < 1.29 is 32.9 Å². The van der Waals surface area contributed by atoms with E-state index in [1.807, 2.05) is 27.2 Å². The van der Waals surface area contributed by atoms with Crippen LogP contribution in [0.5, 0.6) is 0 Å². The van der Waals surface area contributed by atoms with Crippen LogP contribution in [-0.4, -0.2) is 68.5 Å². The van der Waals surface area contributed by atoms with Crippen molar-refractivity contribution in [3.8, 4) is 0 Å². The van der Waals surface area contributed by atoms with Crippen LogP contribution in [-0.2, 0) is 18.4 Å². The van der Waals surface area contributed by atoms with Gasteiger partial charge in [-0.1, -0.05) is 197 Å². The average molecular weight is 865 g/mol. The summed E-state index contributed by atoms with van der Waals surface area (Å²) in [6.07, 6.45) is 54.6. The zero-order valence-electron chi connectivity index (χ0n) is 39.9. The van der Waals surface area contributed by atoms with Crippen LogP contribution in [0.4, 0.5) is 0 Å². The molecule has 0 heterocycles. The fourth-order valence-electron chi connectivity index (χ4n) is 7.02. The number of carbonyl (C=O) groups excluding carboxylic acids is 1. The number of amides is 1. The van der Waals surface area contributed by atoms with Gasteiger partial charge in [-0.2, -0.15) is 0 Å². The van der Waals surface area contributed by atoms with E-state index in [0.717, 1.165) is 64.2 Å². The lowest BCUT2D eigenvalue weighted by Gasteiger charge is -2.29. The smallest absolute Gasteiger partial charge is 0.268 e. The fraction of sp³-hybridized carbons (Fsp3) is 0.824. The number of unbranched alkanes of at least 4 members (excludes halogenated alkanes) is 26. The average Bonchev–Trinajstić information content (AvgIpc) is 3.20. The Balaban J connectivity index is 4.37. The number of nitrogens with zero attached hydrogens (tertiary/aromatic N) is 1. The minimum Gasteiger partial charge on any atom is -0.756 e. The third-order valence-corrected chi connectivity index (χ3v) is 12.0. The monoisotopic (exact) mass is 865 g/mol. The molecule has 0 fully saturated rings. The number of likely N-dealkylation sites (N-methyl/N-ethyl adjacent to an activating group) is 1. The molecule has 0 bridgehead atoms. The molecule has 0 saturated heterocycles. The first kappa shape index (κ1) is 58.5. The van der Waals surface area contributed by atoms with Gasteiger partial charge in [-0.15, -0.1) is 0 Å². The number of nitrogens with one attached hydrogen (secondary N) is 1. The van der Waals surface area contributed by atoms with E-state index in [0.29, 0.717) is 17.4 Å². The third-order valence-electron chi connectivity index (χ3n) is 11.0. The van der Waals surface area contributed by atoms with Gasteiger partial charge < -0.3 is 28.8 Å². The van der Waals surface area contributed by atoms with E-state index in [4.69, 9.17) is 9.05 Å². The normalized spacial score (nSPS) is 14.6. The predicted molar refractivity (Wildman–Crippen MR) is 256 cm³/mol. The molecule has 1 amide bonds. The van der Waals surface area contributed by atoms with Gasteiger partial charge in [0, 0.05) is 6.42 Å². The van der Waals surface area contributed by atoms with E-state index in [1.165, 1.54) is 135 Å². The van der Waals surface area contributed by atoms with Crippen molar-refractivity contribution in [2.24, 2.45) is 0 Å². The van der Waals surface area contributed by atoms with Gasteiger partial charge in [-0.25, -0.2) is 0 Å². The molecule has 0 aliphatic carbocycles. The Hall–Kier alpha value is -1.54. The summed E-state index contributed by atoms with van der Waals surface area (Å²) in [7, 11) is 1.23. The molecule has 9 heteroatoms. The first-order chi connectivity index (χ1) is 29.0. The zero-order chi connectivity index (χ0) is 44.3. The zero-order valence-corrected chi connectivity index (χ0v) is 40.8. The molecule has 0 aliphatic rings. The molecule has 0 aromatic carbocycles. The van der Waals surface area contributed by atoms with E-state index < -0.39 is 26.6 Å². The van der Waals surface area contributed by atoms with Crippen LogP contribution < -0.4 is 10.2 Å². The number of aliphatic hydroxyl groups excluding tert-OH is 1. The van der Waals surface area contributed by atoms with Crippen molar-refractivity contribution in [1.29, 1.82) is 0 Å². The topological polar surface area (TPSA) is 108 Å². The van der Waals surface area contributed by atoms with E-state index in [1.54, 1.807) is 6.08 Å². The number of carbonyl (C=O) groups is 1. The third kappa shape index (κ3) is 44.5. The number of quaternary nitrogens is 1. The first-order valence-corrected chi connectivity index (χ1v) is 26.5. The summed E-state index contributed by atoms with van der Waals surface area (Å²) in [5.41, 5.74) is 0. The standard InChI is InChI=1S/C51H97N2O6P/c1-6-8-10-12-14-16-18-20-22-23-24-25-26-27-28-29-31-32-34-36-38-40-42-44-50(54)49(48-59-60(56,57)58-47-46-53(3,4)5)52-51(55)45-43-41-39-37-35-33-30-21-19-17-15-13-11-9-7-2/h15,17,21,30,34,36,42,44,49-50,54H,6-14,16,18-20,22-29,31-33,35,37-41,43,45-48H2,1-5H3,(H-,52,55,56,57)/b17-15-,30-21-,36-34+,44-42+. The number of rotatable bonds is 45. The minimum absolute atomic E-state index is 0.0103. The number of phosphoric ester groups is 1. The Bertz CT molecular complexity index is 1120. The predicted octanol–water partition coefficient (Wildman–Crippen LogP) is 13.8. The molecule has 60 heavy (non-hydrogen) atoms. The SMILES string of the molecule is CCCCC/C=C\C/C=C\CCCCCCCC(=O)NC(COP(=O)([O-])OCC[N+](C)(C)C)C(O)/C=C/CC/C=C/CCCCCCCCCCCCCCCCCCC. The summed E-state index contributed by atoms with van der Waals surface area (Å²) >= 11 is 0. The summed E-state index contributed by atoms with van der Waals surface area (Å²) in [5.74, 6) is -0.222. The van der Waals surface area contributed by atoms with Gasteiger partial charge in [0.15, 0.2) is 0 Å². The van der Waals surface area contributed by atoms with Gasteiger partial charge in [-0.3, -0.25) is 9.36 Å². The summed E-state index contributed by atoms with van der Waals surface area (Å²) in [4.78, 5) is 25.3. The second-order valence-electron chi connectivity index (χ2n) is 18.2. The van der Waals surface area contributed by atoms with Gasteiger partial charge in [0.25, 0.3) is 7.82 Å². The highest BCUT2D eigenvalue weighted by molar-refractivity contribution is 7.45. The molecule has 3 atom stereocenters.